The van der Waals surface area contributed by atoms with E-state index in [4.69, 9.17) is 0 Å². The Morgan fingerprint density at radius 3 is 2.94 bits per heavy atom. The molecule has 5 heteroatoms. The number of carbonyl (C=O) groups is 1. The van der Waals surface area contributed by atoms with Crippen LogP contribution >= 0.6 is 11.8 Å². The van der Waals surface area contributed by atoms with Gasteiger partial charge in [-0.3, -0.25) is 4.79 Å². The van der Waals surface area contributed by atoms with E-state index in [1.807, 2.05) is 6.07 Å². The monoisotopic (exact) mass is 271 g/mol. The summed E-state index contributed by atoms with van der Waals surface area (Å²) in [7, 11) is 1.33. The van der Waals surface area contributed by atoms with Gasteiger partial charge < -0.3 is 10.1 Å². The van der Waals surface area contributed by atoms with Crippen molar-refractivity contribution >= 4 is 17.7 Å². The summed E-state index contributed by atoms with van der Waals surface area (Å²) in [5, 5.41) is 3.22. The lowest BCUT2D eigenvalue weighted by Crippen LogP contribution is -2.15. The highest BCUT2D eigenvalue weighted by molar-refractivity contribution is 8.00. The number of hydrogen-bond acceptors (Lipinski definition) is 4. The number of halogens is 1. The predicted octanol–water partition coefficient (Wildman–Crippen LogP) is 2.59. The molecule has 0 heterocycles. The summed E-state index contributed by atoms with van der Waals surface area (Å²) in [6.45, 7) is 3.57. The van der Waals surface area contributed by atoms with Gasteiger partial charge in [0.2, 0.25) is 0 Å². The fourth-order valence-corrected chi connectivity index (χ4v) is 2.36. The molecule has 1 rings (SSSR count). The molecule has 1 N–H and O–H groups in total. The summed E-state index contributed by atoms with van der Waals surface area (Å²) < 4.78 is 18.3. The fourth-order valence-electron chi connectivity index (χ4n) is 1.44. The van der Waals surface area contributed by atoms with Gasteiger partial charge in [0.05, 0.1) is 12.9 Å². The molecule has 0 radical (unpaired) electrons. The highest BCUT2D eigenvalue weighted by Gasteiger charge is 2.11. The number of methoxy groups -OCH3 is 1. The van der Waals surface area contributed by atoms with Crippen molar-refractivity contribution in [3.05, 3.63) is 29.6 Å². The van der Waals surface area contributed by atoms with Gasteiger partial charge in [-0.2, -0.15) is 0 Å². The lowest BCUT2D eigenvalue weighted by Gasteiger charge is -2.10. The lowest BCUT2D eigenvalue weighted by atomic mass is 10.2. The molecule has 0 spiro atoms. The van der Waals surface area contributed by atoms with E-state index >= 15 is 0 Å². The Labute approximate surface area is 111 Å². The average Bonchev–Trinajstić information content (AvgIpc) is 2.38. The summed E-state index contributed by atoms with van der Waals surface area (Å²) >= 11 is 1.17. The first-order chi connectivity index (χ1) is 8.69. The molecular weight excluding hydrogens is 253 g/mol. The van der Waals surface area contributed by atoms with E-state index in [2.05, 4.69) is 17.0 Å². The van der Waals surface area contributed by atoms with Crippen LogP contribution in [0.3, 0.4) is 0 Å². The summed E-state index contributed by atoms with van der Waals surface area (Å²) in [5.74, 6) is -0.520. The molecule has 0 atom stereocenters. The van der Waals surface area contributed by atoms with Crippen molar-refractivity contribution in [3.63, 3.8) is 0 Å². The van der Waals surface area contributed by atoms with Gasteiger partial charge in [0.1, 0.15) is 5.82 Å². The molecule has 0 bridgehead atoms. The van der Waals surface area contributed by atoms with Crippen LogP contribution in [-0.2, 0) is 16.1 Å². The predicted molar refractivity (Wildman–Crippen MR) is 71.1 cm³/mol. The van der Waals surface area contributed by atoms with Crippen LogP contribution in [0.15, 0.2) is 23.1 Å². The van der Waals surface area contributed by atoms with E-state index in [-0.39, 0.29) is 17.5 Å². The van der Waals surface area contributed by atoms with Crippen LogP contribution in [0.4, 0.5) is 4.39 Å². The van der Waals surface area contributed by atoms with Crippen molar-refractivity contribution in [2.75, 3.05) is 19.4 Å². The number of ether oxygens (including phenoxy) is 1. The van der Waals surface area contributed by atoms with Crippen molar-refractivity contribution in [3.8, 4) is 0 Å². The van der Waals surface area contributed by atoms with Gasteiger partial charge in [0, 0.05) is 11.4 Å². The van der Waals surface area contributed by atoms with Gasteiger partial charge in [0.15, 0.2) is 0 Å². The topological polar surface area (TPSA) is 38.3 Å². The van der Waals surface area contributed by atoms with E-state index < -0.39 is 0 Å². The van der Waals surface area contributed by atoms with Crippen LogP contribution in [0.1, 0.15) is 18.9 Å². The molecule has 0 amide bonds. The van der Waals surface area contributed by atoms with Crippen LogP contribution in [0, 0.1) is 5.82 Å². The van der Waals surface area contributed by atoms with Gasteiger partial charge in [-0.25, -0.2) is 4.39 Å². The first-order valence-electron chi connectivity index (χ1n) is 5.86. The van der Waals surface area contributed by atoms with E-state index in [0.717, 1.165) is 18.5 Å². The molecule has 1 aromatic rings. The highest BCUT2D eigenvalue weighted by Crippen LogP contribution is 2.26. The maximum Gasteiger partial charge on any atom is 0.315 e. The molecule has 0 unspecified atom stereocenters. The Hall–Kier alpha value is -1.07. The van der Waals surface area contributed by atoms with Crippen LogP contribution < -0.4 is 5.32 Å². The van der Waals surface area contributed by atoms with Crippen molar-refractivity contribution in [1.29, 1.82) is 0 Å². The van der Waals surface area contributed by atoms with Crippen LogP contribution in [-0.4, -0.2) is 25.4 Å². The van der Waals surface area contributed by atoms with Crippen LogP contribution in [0.2, 0.25) is 0 Å². The average molecular weight is 271 g/mol. The normalized spacial score (nSPS) is 10.4. The van der Waals surface area contributed by atoms with Gasteiger partial charge >= 0.3 is 5.97 Å². The summed E-state index contributed by atoms with van der Waals surface area (Å²) in [6, 6.07) is 4.95. The Kier molecular flexibility index (Phi) is 6.75. The lowest BCUT2D eigenvalue weighted by molar-refractivity contribution is -0.137. The van der Waals surface area contributed by atoms with Crippen molar-refractivity contribution in [2.24, 2.45) is 0 Å². The molecule has 0 saturated heterocycles. The SMILES string of the molecule is CCCNCc1cccc(F)c1SCC(=O)OC. The maximum absolute atomic E-state index is 13.7. The van der Waals surface area contributed by atoms with Crippen molar-refractivity contribution in [1.82, 2.24) is 5.32 Å². The summed E-state index contributed by atoms with van der Waals surface area (Å²) in [5.41, 5.74) is 0.873. The van der Waals surface area contributed by atoms with Crippen molar-refractivity contribution < 1.29 is 13.9 Å². The second kappa shape index (κ2) is 8.11. The highest BCUT2D eigenvalue weighted by atomic mass is 32.2. The van der Waals surface area contributed by atoms with Gasteiger partial charge in [-0.05, 0) is 24.6 Å². The van der Waals surface area contributed by atoms with Gasteiger partial charge in [-0.15, -0.1) is 11.8 Å². The largest absolute Gasteiger partial charge is 0.468 e. The van der Waals surface area contributed by atoms with E-state index in [1.54, 1.807) is 6.07 Å². The summed E-state index contributed by atoms with van der Waals surface area (Å²) in [4.78, 5) is 11.6. The Balaban J connectivity index is 2.70. The molecule has 0 saturated carbocycles. The quantitative estimate of drug-likeness (QED) is 0.470. The second-order valence-electron chi connectivity index (χ2n) is 3.77. The van der Waals surface area contributed by atoms with Gasteiger partial charge in [0.25, 0.3) is 0 Å². The minimum atomic E-state index is -0.351. The third kappa shape index (κ3) is 4.66. The standard InChI is InChI=1S/C13H18FNO2S/c1-3-7-15-8-10-5-4-6-11(14)13(10)18-9-12(16)17-2/h4-6,15H,3,7-9H2,1-2H3. The zero-order valence-corrected chi connectivity index (χ0v) is 11.5. The molecule has 0 aliphatic heterocycles. The molecule has 100 valence electrons. The minimum absolute atomic E-state index is 0.123. The van der Waals surface area contributed by atoms with Crippen LogP contribution in [0.5, 0.6) is 0 Å². The number of esters is 1. The number of benzene rings is 1. The van der Waals surface area contributed by atoms with E-state index in [1.165, 1.54) is 24.9 Å². The summed E-state index contributed by atoms with van der Waals surface area (Å²) in [6.07, 6.45) is 1.03. The zero-order valence-electron chi connectivity index (χ0n) is 10.7. The molecule has 18 heavy (non-hydrogen) atoms. The third-order valence-corrected chi connectivity index (χ3v) is 3.48. The molecule has 0 aromatic heterocycles. The smallest absolute Gasteiger partial charge is 0.315 e. The van der Waals surface area contributed by atoms with Crippen LogP contribution in [0.25, 0.3) is 0 Å². The Bertz CT molecular complexity index is 399. The van der Waals surface area contributed by atoms with Crippen molar-refractivity contribution in [2.45, 2.75) is 24.8 Å². The molecule has 0 aliphatic carbocycles. The number of carbonyl (C=O) groups excluding carboxylic acids is 1. The van der Waals surface area contributed by atoms with E-state index in [0.29, 0.717) is 11.4 Å². The first kappa shape index (κ1) is 15.0. The minimum Gasteiger partial charge on any atom is -0.468 e. The molecule has 1 aromatic carbocycles. The molecule has 0 fully saturated rings. The first-order valence-corrected chi connectivity index (χ1v) is 6.85. The second-order valence-corrected chi connectivity index (χ2v) is 4.76. The molecule has 3 nitrogen and oxygen atoms in total. The zero-order chi connectivity index (χ0) is 13.4. The van der Waals surface area contributed by atoms with E-state index in [9.17, 15) is 9.18 Å². The number of hydrogen-bond donors (Lipinski definition) is 1. The number of rotatable bonds is 7. The molecular formula is C13H18FNO2S. The maximum atomic E-state index is 13.7. The third-order valence-electron chi connectivity index (χ3n) is 2.35. The molecule has 0 aliphatic rings. The Morgan fingerprint density at radius 1 is 1.50 bits per heavy atom. The fraction of sp³-hybridized carbons (Fsp3) is 0.462. The Morgan fingerprint density at radius 2 is 2.28 bits per heavy atom. The number of nitrogens with one attached hydrogen (secondary N) is 1. The number of thioether (sulfide) groups is 1. The van der Waals surface area contributed by atoms with Gasteiger partial charge in [-0.1, -0.05) is 19.1 Å².